The molecule has 0 saturated carbocycles. The second-order valence-corrected chi connectivity index (χ2v) is 8.80. The van der Waals surface area contributed by atoms with Crippen molar-refractivity contribution in [3.8, 4) is 0 Å². The molecule has 1 unspecified atom stereocenters. The average Bonchev–Trinajstić information content (AvgIpc) is 2.88. The van der Waals surface area contributed by atoms with Crippen molar-refractivity contribution in [1.29, 1.82) is 0 Å². The molecule has 4 atom stereocenters. The van der Waals surface area contributed by atoms with Gasteiger partial charge in [0.05, 0.1) is 14.2 Å². The van der Waals surface area contributed by atoms with Crippen LogP contribution in [0.25, 0.3) is 0 Å². The number of ether oxygens (including phenoxy) is 2. The first-order valence-electron chi connectivity index (χ1n) is 11.9. The van der Waals surface area contributed by atoms with Crippen LogP contribution in [0.15, 0.2) is 30.3 Å². The third kappa shape index (κ3) is 11.1. The molecule has 0 heterocycles. The van der Waals surface area contributed by atoms with E-state index in [4.69, 9.17) is 0 Å². The summed E-state index contributed by atoms with van der Waals surface area (Å²) in [6.45, 7) is 4.78. The number of amides is 4. The van der Waals surface area contributed by atoms with Gasteiger partial charge >= 0.3 is 12.1 Å². The second-order valence-electron chi connectivity index (χ2n) is 8.80. The van der Waals surface area contributed by atoms with Gasteiger partial charge < -0.3 is 30.7 Å². The Morgan fingerprint density at radius 3 is 2.00 bits per heavy atom. The molecule has 14 nitrogen and oxygen atoms in total. The molecule has 0 aliphatic heterocycles. The predicted octanol–water partition coefficient (Wildman–Crippen LogP) is 0.0751. The first-order chi connectivity index (χ1) is 17.9. The van der Waals surface area contributed by atoms with Crippen LogP contribution in [0.5, 0.6) is 0 Å². The van der Waals surface area contributed by atoms with Crippen LogP contribution in [-0.2, 0) is 35.1 Å². The first-order valence-corrected chi connectivity index (χ1v) is 11.9. The maximum Gasteiger partial charge on any atom is 0.407 e. The van der Waals surface area contributed by atoms with Crippen LogP contribution in [-0.4, -0.2) is 83.9 Å². The summed E-state index contributed by atoms with van der Waals surface area (Å²) in [5.74, 6) is -3.05. The fraction of sp³-hybridized carbons (Fsp3) is 0.542. The van der Waals surface area contributed by atoms with Gasteiger partial charge in [0.15, 0.2) is 0 Å². The molecule has 1 aromatic carbocycles. The lowest BCUT2D eigenvalue weighted by Gasteiger charge is -2.27. The number of carbonyl (C=O) groups excluding carboxylic acids is 5. The van der Waals surface area contributed by atoms with Gasteiger partial charge in [0, 0.05) is 12.8 Å². The maximum absolute atomic E-state index is 13.2. The molecule has 6 N–H and O–H groups in total. The smallest absolute Gasteiger partial charge is 0.407 e. The summed E-state index contributed by atoms with van der Waals surface area (Å²) in [7, 11) is 2.33. The van der Waals surface area contributed by atoms with Gasteiger partial charge in [0.1, 0.15) is 24.3 Å². The number of nitrogens with zero attached hydrogens (tertiary/aromatic N) is 1. The quantitative estimate of drug-likeness (QED) is 0.107. The van der Waals surface area contributed by atoms with E-state index in [2.05, 4.69) is 30.7 Å². The zero-order valence-electron chi connectivity index (χ0n) is 22.1. The zero-order valence-corrected chi connectivity index (χ0v) is 22.1. The van der Waals surface area contributed by atoms with Crippen LogP contribution >= 0.6 is 0 Å². The van der Waals surface area contributed by atoms with Crippen molar-refractivity contribution in [3.63, 3.8) is 0 Å². The van der Waals surface area contributed by atoms with Crippen molar-refractivity contribution in [2.45, 2.75) is 64.3 Å². The summed E-state index contributed by atoms with van der Waals surface area (Å²) in [4.78, 5) is 61.8. The minimum absolute atomic E-state index is 0.0819. The van der Waals surface area contributed by atoms with Gasteiger partial charge in [-0.25, -0.2) is 4.79 Å². The minimum Gasteiger partial charge on any atom is -0.469 e. The Morgan fingerprint density at radius 2 is 1.47 bits per heavy atom. The fourth-order valence-corrected chi connectivity index (χ4v) is 3.31. The van der Waals surface area contributed by atoms with Crippen LogP contribution in [0.1, 0.15) is 39.2 Å². The monoisotopic (exact) mass is 539 g/mol. The molecule has 14 heteroatoms. The van der Waals surface area contributed by atoms with E-state index in [1.807, 2.05) is 0 Å². The standard InChI is InChI=1S/C24H37N5O9/c1-14(2)20(28-24(34)38-5)23(33)26-17(13-16-9-7-6-8-10-16)22(32)25-15(3)21(31)27-18(29(35)36)11-12-19(30)37-4/h6-10,14-15,17-18,20,35-36H,11-13H2,1-5H3,(H,25,32)(H,26,33)(H,27,31)(H,28,34)/t15-,17-,18?,20-/m0/s1. The Morgan fingerprint density at radius 1 is 0.842 bits per heavy atom. The second kappa shape index (κ2) is 16.2. The fourth-order valence-electron chi connectivity index (χ4n) is 3.31. The number of rotatable bonds is 14. The van der Waals surface area contributed by atoms with Crippen molar-refractivity contribution in [2.75, 3.05) is 14.2 Å². The van der Waals surface area contributed by atoms with Gasteiger partial charge in [-0.15, -0.1) is 0 Å². The molecule has 0 spiro atoms. The molecule has 0 aliphatic rings. The average molecular weight is 540 g/mol. The van der Waals surface area contributed by atoms with E-state index in [-0.39, 0.29) is 30.4 Å². The molecule has 1 aromatic rings. The summed E-state index contributed by atoms with van der Waals surface area (Å²) in [5, 5.41) is 28.4. The molecule has 0 radical (unpaired) electrons. The Balaban J connectivity index is 2.99. The topological polar surface area (TPSA) is 196 Å². The van der Waals surface area contributed by atoms with E-state index in [1.54, 1.807) is 44.2 Å². The summed E-state index contributed by atoms with van der Waals surface area (Å²) in [6, 6.07) is 5.57. The SMILES string of the molecule is COC(=O)CCC(NC(=O)[C@H](C)NC(=O)[C@H](Cc1ccccc1)NC(=O)[C@@H](NC(=O)OC)C(C)C)N(O)O. The molecule has 0 aliphatic carbocycles. The molecule has 0 aromatic heterocycles. The van der Waals surface area contributed by atoms with E-state index < -0.39 is 54.1 Å². The van der Waals surface area contributed by atoms with Crippen LogP contribution in [0.3, 0.4) is 0 Å². The predicted molar refractivity (Wildman–Crippen MR) is 132 cm³/mol. The molecule has 0 bridgehead atoms. The summed E-state index contributed by atoms with van der Waals surface area (Å²) in [6.07, 6.45) is -2.46. The lowest BCUT2D eigenvalue weighted by atomic mass is 10.0. The minimum atomic E-state index is -1.35. The van der Waals surface area contributed by atoms with E-state index in [9.17, 15) is 34.4 Å². The Kier molecular flexibility index (Phi) is 13.7. The van der Waals surface area contributed by atoms with Gasteiger partial charge in [-0.2, -0.15) is 0 Å². The summed E-state index contributed by atoms with van der Waals surface area (Å²) in [5.41, 5.74) is 0.728. The van der Waals surface area contributed by atoms with Crippen molar-refractivity contribution >= 4 is 29.8 Å². The highest BCUT2D eigenvalue weighted by atomic mass is 16.8. The van der Waals surface area contributed by atoms with Gasteiger partial charge in [-0.1, -0.05) is 44.2 Å². The molecule has 0 fully saturated rings. The van der Waals surface area contributed by atoms with Gasteiger partial charge in [0.25, 0.3) is 0 Å². The molecule has 0 saturated heterocycles. The number of hydrogen-bond acceptors (Lipinski definition) is 10. The van der Waals surface area contributed by atoms with E-state index >= 15 is 0 Å². The number of esters is 1. The normalized spacial score (nSPS) is 14.0. The summed E-state index contributed by atoms with van der Waals surface area (Å²) >= 11 is 0. The van der Waals surface area contributed by atoms with Crippen molar-refractivity contribution < 1.29 is 43.9 Å². The highest BCUT2D eigenvalue weighted by Crippen LogP contribution is 2.08. The number of methoxy groups -OCH3 is 2. The largest absolute Gasteiger partial charge is 0.469 e. The van der Waals surface area contributed by atoms with Gasteiger partial charge in [0.2, 0.25) is 17.7 Å². The zero-order chi connectivity index (χ0) is 28.8. The number of nitrogens with one attached hydrogen (secondary N) is 4. The van der Waals surface area contributed by atoms with Crippen LogP contribution in [0, 0.1) is 5.92 Å². The van der Waals surface area contributed by atoms with Gasteiger partial charge in [-0.3, -0.25) is 29.6 Å². The first kappa shape index (κ1) is 32.3. The Hall–Kier alpha value is -3.75. The highest BCUT2D eigenvalue weighted by molar-refractivity contribution is 5.94. The molecule has 38 heavy (non-hydrogen) atoms. The number of carbonyl (C=O) groups is 5. The lowest BCUT2D eigenvalue weighted by molar-refractivity contribution is -0.336. The third-order valence-electron chi connectivity index (χ3n) is 5.51. The number of hydrogen-bond donors (Lipinski definition) is 6. The summed E-state index contributed by atoms with van der Waals surface area (Å²) < 4.78 is 9.07. The maximum atomic E-state index is 13.2. The third-order valence-corrected chi connectivity index (χ3v) is 5.51. The Labute approximate surface area is 220 Å². The number of alkyl carbamates (subject to hydrolysis) is 1. The van der Waals surface area contributed by atoms with E-state index in [0.29, 0.717) is 0 Å². The molecule has 212 valence electrons. The molecule has 4 amide bonds. The van der Waals surface area contributed by atoms with Crippen molar-refractivity contribution in [1.82, 2.24) is 26.5 Å². The van der Waals surface area contributed by atoms with Crippen molar-refractivity contribution in [3.05, 3.63) is 35.9 Å². The lowest BCUT2D eigenvalue weighted by Crippen LogP contribution is -2.58. The molecular weight excluding hydrogens is 502 g/mol. The van der Waals surface area contributed by atoms with Crippen molar-refractivity contribution in [2.24, 2.45) is 5.92 Å². The Bertz CT molecular complexity index is 942. The molecular formula is C24H37N5O9. The van der Waals surface area contributed by atoms with Gasteiger partial charge in [-0.05, 0) is 30.1 Å². The van der Waals surface area contributed by atoms with Crippen LogP contribution in [0.4, 0.5) is 4.79 Å². The van der Waals surface area contributed by atoms with Crippen LogP contribution in [0.2, 0.25) is 0 Å². The van der Waals surface area contributed by atoms with E-state index in [1.165, 1.54) is 14.0 Å². The number of hydroxylamine groups is 2. The number of benzene rings is 1. The molecule has 1 rings (SSSR count). The van der Waals surface area contributed by atoms with E-state index in [0.717, 1.165) is 12.7 Å². The highest BCUT2D eigenvalue weighted by Gasteiger charge is 2.31. The van der Waals surface area contributed by atoms with Crippen LogP contribution < -0.4 is 21.3 Å².